The van der Waals surface area contributed by atoms with Crippen LogP contribution in [0.4, 0.5) is 10.1 Å². The summed E-state index contributed by atoms with van der Waals surface area (Å²) < 4.78 is 27.8. The number of carbonyl (C=O) groups excluding carboxylic acids is 1. The largest absolute Gasteiger partial charge is 0.495 e. The summed E-state index contributed by atoms with van der Waals surface area (Å²) in [6, 6.07) is 11.2. The zero-order valence-electron chi connectivity index (χ0n) is 20.7. The van der Waals surface area contributed by atoms with Gasteiger partial charge in [0.05, 0.1) is 43.7 Å². The summed E-state index contributed by atoms with van der Waals surface area (Å²) in [5.74, 6) is 0.444. The molecule has 36 heavy (non-hydrogen) atoms. The number of carbonyl (C=O) groups is 1. The molecule has 0 unspecified atom stereocenters. The maximum Gasteiger partial charge on any atom is 0.250 e. The lowest BCUT2D eigenvalue weighted by Gasteiger charge is -2.30. The first kappa shape index (κ1) is 24.1. The molecule has 3 heterocycles. The number of hydrogen-bond acceptors (Lipinski definition) is 5. The number of imidazole rings is 1. The molecule has 0 saturated carbocycles. The number of aromatic nitrogens is 2. The third-order valence-electron chi connectivity index (χ3n) is 6.71. The molecule has 2 aromatic carbocycles. The number of morpholine rings is 1. The zero-order valence-corrected chi connectivity index (χ0v) is 20.7. The number of nitrogens with zero attached hydrogens (tertiary/aromatic N) is 4. The number of anilines is 1. The first-order chi connectivity index (χ1) is 17.5. The maximum atomic E-state index is 14.9. The molecule has 2 fully saturated rings. The van der Waals surface area contributed by atoms with Gasteiger partial charge in [-0.3, -0.25) is 4.79 Å². The van der Waals surface area contributed by atoms with Gasteiger partial charge in [-0.15, -0.1) is 0 Å². The van der Waals surface area contributed by atoms with Gasteiger partial charge in [-0.2, -0.15) is 0 Å². The number of halogens is 1. The Bertz CT molecular complexity index is 1280. The number of hydrogen-bond donors (Lipinski definition) is 0. The Morgan fingerprint density at radius 3 is 2.64 bits per heavy atom. The van der Waals surface area contributed by atoms with Crippen molar-refractivity contribution in [3.63, 3.8) is 0 Å². The molecule has 1 amide bonds. The van der Waals surface area contributed by atoms with Crippen LogP contribution in [0, 0.1) is 12.7 Å². The van der Waals surface area contributed by atoms with E-state index in [0.717, 1.165) is 34.5 Å². The fraction of sp³-hybridized carbons (Fsp3) is 0.357. The number of piperidine rings is 1. The molecule has 3 aromatic rings. The van der Waals surface area contributed by atoms with E-state index in [1.54, 1.807) is 24.4 Å². The highest BCUT2D eigenvalue weighted by Gasteiger charge is 2.24. The summed E-state index contributed by atoms with van der Waals surface area (Å²) in [5.41, 5.74) is 4.85. The third-order valence-corrected chi connectivity index (χ3v) is 6.71. The molecule has 5 rings (SSSR count). The van der Waals surface area contributed by atoms with E-state index < -0.39 is 0 Å². The van der Waals surface area contributed by atoms with Gasteiger partial charge in [-0.05, 0) is 61.2 Å². The second-order valence-corrected chi connectivity index (χ2v) is 9.24. The lowest BCUT2D eigenvalue weighted by molar-refractivity contribution is -0.129. The van der Waals surface area contributed by atoms with Gasteiger partial charge in [0.15, 0.2) is 0 Å². The maximum absolute atomic E-state index is 14.9. The zero-order chi connectivity index (χ0) is 25.1. The van der Waals surface area contributed by atoms with Crippen molar-refractivity contribution in [1.82, 2.24) is 14.5 Å². The second kappa shape index (κ2) is 10.5. The Labute approximate surface area is 210 Å². The fourth-order valence-corrected chi connectivity index (χ4v) is 4.84. The molecule has 0 spiro atoms. The molecule has 1 aromatic heterocycles. The van der Waals surface area contributed by atoms with Crippen LogP contribution in [0.25, 0.3) is 11.8 Å². The molecular weight excluding hydrogens is 459 g/mol. The summed E-state index contributed by atoms with van der Waals surface area (Å²) >= 11 is 0. The first-order valence-corrected chi connectivity index (χ1v) is 12.3. The molecule has 0 bridgehead atoms. The van der Waals surface area contributed by atoms with Crippen molar-refractivity contribution < 1.29 is 18.7 Å². The summed E-state index contributed by atoms with van der Waals surface area (Å²) in [7, 11) is 1.64. The lowest BCUT2D eigenvalue weighted by atomic mass is 10.00. The van der Waals surface area contributed by atoms with E-state index in [1.165, 1.54) is 0 Å². The first-order valence-electron chi connectivity index (χ1n) is 12.3. The van der Waals surface area contributed by atoms with E-state index >= 15 is 0 Å². The highest BCUT2D eigenvalue weighted by molar-refractivity contribution is 5.98. The summed E-state index contributed by atoms with van der Waals surface area (Å²) in [5, 5.41) is 0. The standard InChI is InChI=1S/C28H31FN4O3/c1-20-17-33(19-30-20)26-8-5-21(16-27(26)35-2)14-23-4-3-9-32(28(23)34)18-22-6-7-25(24(29)15-22)31-10-12-36-13-11-31/h5-8,14-17,19H,3-4,9-13,18H2,1-2H3. The highest BCUT2D eigenvalue weighted by Crippen LogP contribution is 2.28. The van der Waals surface area contributed by atoms with E-state index in [9.17, 15) is 9.18 Å². The van der Waals surface area contributed by atoms with E-state index in [1.807, 2.05) is 59.0 Å². The van der Waals surface area contributed by atoms with Gasteiger partial charge in [0.2, 0.25) is 5.91 Å². The Hall–Kier alpha value is -3.65. The minimum atomic E-state index is -0.255. The molecule has 7 nitrogen and oxygen atoms in total. The van der Waals surface area contributed by atoms with E-state index in [0.29, 0.717) is 57.3 Å². The van der Waals surface area contributed by atoms with Gasteiger partial charge in [0.25, 0.3) is 0 Å². The smallest absolute Gasteiger partial charge is 0.250 e. The van der Waals surface area contributed by atoms with Crippen LogP contribution in [0.3, 0.4) is 0 Å². The van der Waals surface area contributed by atoms with Crippen LogP contribution in [0.15, 0.2) is 54.5 Å². The van der Waals surface area contributed by atoms with Crippen LogP contribution in [-0.2, 0) is 16.1 Å². The SMILES string of the molecule is COc1cc(C=C2CCCN(Cc3ccc(N4CCOCC4)c(F)c3)C2=O)ccc1-n1cnc(C)c1. The predicted octanol–water partition coefficient (Wildman–Crippen LogP) is 4.37. The van der Waals surface area contributed by atoms with Gasteiger partial charge >= 0.3 is 0 Å². The van der Waals surface area contributed by atoms with Crippen molar-refractivity contribution in [1.29, 1.82) is 0 Å². The van der Waals surface area contributed by atoms with Crippen LogP contribution >= 0.6 is 0 Å². The lowest BCUT2D eigenvalue weighted by Crippen LogP contribution is -2.37. The molecule has 8 heteroatoms. The Morgan fingerprint density at radius 1 is 1.11 bits per heavy atom. The third kappa shape index (κ3) is 5.14. The molecule has 0 N–H and O–H groups in total. The van der Waals surface area contributed by atoms with Crippen LogP contribution in [-0.4, -0.2) is 60.3 Å². The van der Waals surface area contributed by atoms with E-state index in [-0.39, 0.29) is 11.7 Å². The van der Waals surface area contributed by atoms with Gasteiger partial charge in [-0.25, -0.2) is 9.37 Å². The number of rotatable bonds is 6. The predicted molar refractivity (Wildman–Crippen MR) is 137 cm³/mol. The molecule has 2 aliphatic rings. The van der Waals surface area contributed by atoms with Gasteiger partial charge in [-0.1, -0.05) is 12.1 Å². The Kier molecular flexibility index (Phi) is 7.04. The Morgan fingerprint density at radius 2 is 1.92 bits per heavy atom. The second-order valence-electron chi connectivity index (χ2n) is 9.24. The van der Waals surface area contributed by atoms with Gasteiger partial charge in [0, 0.05) is 37.9 Å². The van der Waals surface area contributed by atoms with Crippen LogP contribution < -0.4 is 9.64 Å². The number of aryl methyl sites for hydroxylation is 1. The number of amides is 1. The summed E-state index contributed by atoms with van der Waals surface area (Å²) in [6.07, 6.45) is 7.21. The topological polar surface area (TPSA) is 59.8 Å². The summed E-state index contributed by atoms with van der Waals surface area (Å²) in [4.78, 5) is 21.4. The molecule has 0 atom stereocenters. The number of methoxy groups -OCH3 is 1. The number of benzene rings is 2. The van der Waals surface area contributed by atoms with Crippen molar-refractivity contribution >= 4 is 17.7 Å². The van der Waals surface area contributed by atoms with E-state index in [4.69, 9.17) is 9.47 Å². The van der Waals surface area contributed by atoms with Gasteiger partial charge < -0.3 is 23.8 Å². The summed E-state index contributed by atoms with van der Waals surface area (Å²) in [6.45, 7) is 5.57. The van der Waals surface area contributed by atoms with Crippen molar-refractivity contribution in [2.75, 3.05) is 44.9 Å². The molecule has 188 valence electrons. The molecule has 2 saturated heterocycles. The quantitative estimate of drug-likeness (QED) is 0.481. The van der Waals surface area contributed by atoms with Crippen molar-refractivity contribution in [3.8, 4) is 11.4 Å². The molecule has 0 aliphatic carbocycles. The van der Waals surface area contributed by atoms with Crippen LogP contribution in [0.5, 0.6) is 5.75 Å². The average molecular weight is 491 g/mol. The molecule has 2 aliphatic heterocycles. The highest BCUT2D eigenvalue weighted by atomic mass is 19.1. The van der Waals surface area contributed by atoms with Crippen molar-refractivity contribution in [2.45, 2.75) is 26.3 Å². The monoisotopic (exact) mass is 490 g/mol. The minimum Gasteiger partial charge on any atom is -0.495 e. The molecule has 0 radical (unpaired) electrons. The Balaban J connectivity index is 1.31. The van der Waals surface area contributed by atoms with E-state index in [2.05, 4.69) is 4.98 Å². The van der Waals surface area contributed by atoms with Crippen LogP contribution in [0.1, 0.15) is 29.7 Å². The van der Waals surface area contributed by atoms with Crippen molar-refractivity contribution in [3.05, 3.63) is 77.1 Å². The molecular formula is C28H31FN4O3. The fourth-order valence-electron chi connectivity index (χ4n) is 4.84. The van der Waals surface area contributed by atoms with Gasteiger partial charge in [0.1, 0.15) is 11.6 Å². The van der Waals surface area contributed by atoms with Crippen molar-refractivity contribution in [2.24, 2.45) is 0 Å². The van der Waals surface area contributed by atoms with Crippen LogP contribution in [0.2, 0.25) is 0 Å². The number of likely N-dealkylation sites (tertiary alicyclic amines) is 1. The average Bonchev–Trinajstić information content (AvgIpc) is 3.33. The minimum absolute atomic E-state index is 0.00723. The normalized spacial score (nSPS) is 17.6. The number of ether oxygens (including phenoxy) is 2.